The second-order valence-electron chi connectivity index (χ2n) is 6.35. The molecule has 1 aromatic heterocycles. The molecule has 1 atom stereocenters. The molecule has 0 aliphatic heterocycles. The molecule has 4 nitrogen and oxygen atoms in total. The summed E-state index contributed by atoms with van der Waals surface area (Å²) in [4.78, 5) is 0. The molecule has 1 aliphatic carbocycles. The summed E-state index contributed by atoms with van der Waals surface area (Å²) in [5, 5.41) is 43.3. The lowest BCUT2D eigenvalue weighted by Gasteiger charge is -2.18. The minimum Gasteiger partial charge on any atom is -0.508 e. The molecule has 1 aliphatic rings. The standard InChI is InChI=1S/C21H15NO3S/c1-11-4-14(24)5-17-16(11)7-18(15-3-2-13(23)6-20(15)25)21(17)19-10-26-9-12(19)8-22/h2-7,9-10,21,23-25H,1H3. The van der Waals surface area contributed by atoms with E-state index in [1.807, 2.05) is 18.4 Å². The third-order valence-corrected chi connectivity index (χ3v) is 5.50. The molecule has 5 heteroatoms. The summed E-state index contributed by atoms with van der Waals surface area (Å²) in [6, 6.07) is 10.1. The fourth-order valence-electron chi connectivity index (χ4n) is 3.60. The highest BCUT2D eigenvalue weighted by Crippen LogP contribution is 2.51. The number of rotatable bonds is 2. The Kier molecular flexibility index (Phi) is 3.71. The highest BCUT2D eigenvalue weighted by Gasteiger charge is 2.32. The van der Waals surface area contributed by atoms with Gasteiger partial charge in [0.05, 0.1) is 5.56 Å². The number of nitriles is 1. The number of fused-ring (bicyclic) bond motifs is 1. The van der Waals surface area contributed by atoms with E-state index < -0.39 is 0 Å². The van der Waals surface area contributed by atoms with Crippen molar-refractivity contribution < 1.29 is 15.3 Å². The first-order valence-electron chi connectivity index (χ1n) is 8.03. The van der Waals surface area contributed by atoms with Crippen molar-refractivity contribution in [1.29, 1.82) is 5.26 Å². The van der Waals surface area contributed by atoms with Crippen LogP contribution in [0, 0.1) is 18.3 Å². The van der Waals surface area contributed by atoms with Crippen molar-refractivity contribution in [2.24, 2.45) is 0 Å². The average Bonchev–Trinajstić information content (AvgIpc) is 3.18. The number of phenolic OH excluding ortho intramolecular Hbond substituents is 3. The molecule has 3 N–H and O–H groups in total. The number of allylic oxidation sites excluding steroid dienone is 1. The number of hydrogen-bond donors (Lipinski definition) is 3. The molecule has 2 aromatic carbocycles. The summed E-state index contributed by atoms with van der Waals surface area (Å²) in [6.45, 7) is 1.92. The highest BCUT2D eigenvalue weighted by molar-refractivity contribution is 7.08. The van der Waals surface area contributed by atoms with Crippen molar-refractivity contribution >= 4 is 23.0 Å². The van der Waals surface area contributed by atoms with Gasteiger partial charge >= 0.3 is 0 Å². The van der Waals surface area contributed by atoms with Crippen LogP contribution in [0.2, 0.25) is 0 Å². The lowest BCUT2D eigenvalue weighted by molar-refractivity contribution is 0.449. The molecule has 0 fully saturated rings. The van der Waals surface area contributed by atoms with Crippen LogP contribution in [-0.4, -0.2) is 15.3 Å². The quantitative estimate of drug-likeness (QED) is 0.616. The molecular weight excluding hydrogens is 346 g/mol. The molecule has 0 radical (unpaired) electrons. The van der Waals surface area contributed by atoms with Crippen LogP contribution in [0.15, 0.2) is 41.1 Å². The lowest BCUT2D eigenvalue weighted by atomic mass is 9.84. The van der Waals surface area contributed by atoms with Gasteiger partial charge in [0.1, 0.15) is 23.3 Å². The van der Waals surface area contributed by atoms with Gasteiger partial charge in [0.25, 0.3) is 0 Å². The number of aromatic hydroxyl groups is 3. The second kappa shape index (κ2) is 5.94. The largest absolute Gasteiger partial charge is 0.508 e. The Morgan fingerprint density at radius 1 is 1.00 bits per heavy atom. The Balaban J connectivity index is 1.99. The van der Waals surface area contributed by atoms with E-state index in [1.165, 1.54) is 23.5 Å². The Morgan fingerprint density at radius 3 is 2.54 bits per heavy atom. The highest BCUT2D eigenvalue weighted by atomic mass is 32.1. The van der Waals surface area contributed by atoms with E-state index in [9.17, 15) is 20.6 Å². The summed E-state index contributed by atoms with van der Waals surface area (Å²) < 4.78 is 0. The van der Waals surface area contributed by atoms with Crippen LogP contribution in [0.5, 0.6) is 17.2 Å². The van der Waals surface area contributed by atoms with Crippen LogP contribution < -0.4 is 0 Å². The number of thiophene rings is 1. The van der Waals surface area contributed by atoms with Gasteiger partial charge in [0.2, 0.25) is 0 Å². The maximum Gasteiger partial charge on any atom is 0.126 e. The molecule has 26 heavy (non-hydrogen) atoms. The van der Waals surface area contributed by atoms with Gasteiger partial charge in [-0.1, -0.05) is 0 Å². The number of phenols is 3. The predicted octanol–water partition coefficient (Wildman–Crippen LogP) is 4.73. The minimum absolute atomic E-state index is 0.0130. The number of hydrogen-bond acceptors (Lipinski definition) is 5. The van der Waals surface area contributed by atoms with Crippen LogP contribution in [-0.2, 0) is 0 Å². The summed E-state index contributed by atoms with van der Waals surface area (Å²) in [6.07, 6.45) is 1.99. The van der Waals surface area contributed by atoms with Gasteiger partial charge in [-0.2, -0.15) is 16.6 Å². The second-order valence-corrected chi connectivity index (χ2v) is 7.10. The van der Waals surface area contributed by atoms with E-state index in [-0.39, 0.29) is 23.2 Å². The number of benzene rings is 2. The zero-order valence-electron chi connectivity index (χ0n) is 13.9. The fraction of sp³-hybridized carbons (Fsp3) is 0.0952. The third-order valence-electron chi connectivity index (χ3n) is 4.74. The van der Waals surface area contributed by atoms with E-state index in [4.69, 9.17) is 0 Å². The van der Waals surface area contributed by atoms with E-state index in [1.54, 1.807) is 23.6 Å². The zero-order valence-corrected chi connectivity index (χ0v) is 14.7. The fourth-order valence-corrected chi connectivity index (χ4v) is 4.40. The number of aryl methyl sites for hydroxylation is 1. The van der Waals surface area contributed by atoms with Crippen LogP contribution in [0.25, 0.3) is 11.6 Å². The van der Waals surface area contributed by atoms with Gasteiger partial charge in [-0.25, -0.2) is 0 Å². The maximum absolute atomic E-state index is 10.4. The first kappa shape index (κ1) is 16.2. The monoisotopic (exact) mass is 361 g/mol. The van der Waals surface area contributed by atoms with E-state index in [0.29, 0.717) is 11.1 Å². The molecule has 0 saturated carbocycles. The van der Waals surface area contributed by atoms with Gasteiger partial charge < -0.3 is 15.3 Å². The van der Waals surface area contributed by atoms with Crippen LogP contribution in [0.4, 0.5) is 0 Å². The first-order valence-corrected chi connectivity index (χ1v) is 8.97. The zero-order chi connectivity index (χ0) is 18.4. The van der Waals surface area contributed by atoms with Crippen molar-refractivity contribution in [3.05, 3.63) is 74.5 Å². The van der Waals surface area contributed by atoms with Gasteiger partial charge in [0, 0.05) is 22.9 Å². The number of nitrogens with zero attached hydrogens (tertiary/aromatic N) is 1. The van der Waals surface area contributed by atoms with Crippen LogP contribution in [0.1, 0.15) is 39.3 Å². The van der Waals surface area contributed by atoms with Crippen molar-refractivity contribution in [2.75, 3.05) is 0 Å². The maximum atomic E-state index is 10.4. The normalized spacial score (nSPS) is 15.4. The van der Waals surface area contributed by atoms with Gasteiger partial charge in [-0.15, -0.1) is 0 Å². The van der Waals surface area contributed by atoms with E-state index in [2.05, 4.69) is 6.07 Å². The SMILES string of the molecule is Cc1cc(O)cc2c1C=C(c1ccc(O)cc1O)C2c1cscc1C#N. The third kappa shape index (κ3) is 2.43. The molecule has 0 amide bonds. The smallest absolute Gasteiger partial charge is 0.126 e. The molecule has 0 spiro atoms. The topological polar surface area (TPSA) is 84.5 Å². The molecule has 3 aromatic rings. The van der Waals surface area contributed by atoms with Gasteiger partial charge in [0.15, 0.2) is 0 Å². The van der Waals surface area contributed by atoms with Crippen molar-refractivity contribution in [2.45, 2.75) is 12.8 Å². The molecule has 0 bridgehead atoms. The van der Waals surface area contributed by atoms with Crippen LogP contribution in [0.3, 0.4) is 0 Å². The van der Waals surface area contributed by atoms with E-state index >= 15 is 0 Å². The minimum atomic E-state index is -0.271. The first-order chi connectivity index (χ1) is 12.5. The summed E-state index contributed by atoms with van der Waals surface area (Å²) in [5.41, 5.74) is 5.66. The summed E-state index contributed by atoms with van der Waals surface area (Å²) >= 11 is 1.45. The molecule has 4 rings (SSSR count). The Morgan fingerprint density at radius 2 is 1.81 bits per heavy atom. The Hall–Kier alpha value is -3.23. The molecule has 1 unspecified atom stereocenters. The van der Waals surface area contributed by atoms with Crippen LogP contribution >= 0.6 is 11.3 Å². The molecule has 128 valence electrons. The predicted molar refractivity (Wildman–Crippen MR) is 101 cm³/mol. The molecule has 0 saturated heterocycles. The summed E-state index contributed by atoms with van der Waals surface area (Å²) in [5.74, 6) is -0.137. The Bertz CT molecular complexity index is 1100. The lowest BCUT2D eigenvalue weighted by Crippen LogP contribution is -2.02. The van der Waals surface area contributed by atoms with Crippen molar-refractivity contribution in [3.63, 3.8) is 0 Å². The molecule has 1 heterocycles. The van der Waals surface area contributed by atoms with Gasteiger partial charge in [-0.05, 0) is 70.5 Å². The Labute approximate surface area is 154 Å². The molecular formula is C21H15NO3S. The van der Waals surface area contributed by atoms with E-state index in [0.717, 1.165) is 27.8 Å². The van der Waals surface area contributed by atoms with Crippen molar-refractivity contribution in [1.82, 2.24) is 0 Å². The summed E-state index contributed by atoms with van der Waals surface area (Å²) in [7, 11) is 0. The van der Waals surface area contributed by atoms with Crippen molar-refractivity contribution in [3.8, 4) is 23.3 Å². The van der Waals surface area contributed by atoms with Gasteiger partial charge in [-0.3, -0.25) is 0 Å². The average molecular weight is 361 g/mol.